The van der Waals surface area contributed by atoms with Crippen molar-refractivity contribution in [2.45, 2.75) is 37.8 Å². The lowest BCUT2D eigenvalue weighted by Gasteiger charge is -2.42. The number of rotatable bonds is 8. The van der Waals surface area contributed by atoms with Crippen LogP contribution in [0.2, 0.25) is 0 Å². The van der Waals surface area contributed by atoms with Crippen molar-refractivity contribution >= 4 is 22.4 Å². The number of anilines is 1. The Hall–Kier alpha value is -1.99. The van der Waals surface area contributed by atoms with Gasteiger partial charge in [-0.1, -0.05) is 12.1 Å². The van der Waals surface area contributed by atoms with Gasteiger partial charge in [0.05, 0.1) is 12.2 Å². The zero-order chi connectivity index (χ0) is 18.1. The summed E-state index contributed by atoms with van der Waals surface area (Å²) in [7, 11) is 0. The molecule has 7 heteroatoms. The third kappa shape index (κ3) is 4.04. The van der Waals surface area contributed by atoms with Gasteiger partial charge in [0.15, 0.2) is 5.13 Å². The van der Waals surface area contributed by atoms with Gasteiger partial charge in [0.1, 0.15) is 5.82 Å². The quantitative estimate of drug-likeness (QED) is 0.737. The monoisotopic (exact) mass is 375 g/mol. The number of benzene rings is 1. The average molecular weight is 375 g/mol. The average Bonchev–Trinajstić information content (AvgIpc) is 3.25. The van der Waals surface area contributed by atoms with Crippen molar-refractivity contribution in [1.29, 1.82) is 0 Å². The molecule has 2 aliphatic rings. The molecule has 1 aromatic heterocycles. The van der Waals surface area contributed by atoms with Gasteiger partial charge in [-0.25, -0.2) is 9.37 Å². The van der Waals surface area contributed by atoms with Crippen LogP contribution in [0, 0.1) is 11.7 Å². The molecule has 2 saturated carbocycles. The first-order valence-corrected chi connectivity index (χ1v) is 9.89. The lowest BCUT2D eigenvalue weighted by atomic mass is 9.85. The lowest BCUT2D eigenvalue weighted by Crippen LogP contribution is -2.52. The Labute approximate surface area is 155 Å². The molecule has 2 aromatic rings. The Kier molecular flexibility index (Phi) is 4.91. The number of nitrogens with zero attached hydrogens (tertiary/aromatic N) is 2. The molecule has 2 fully saturated rings. The zero-order valence-electron chi connectivity index (χ0n) is 14.4. The van der Waals surface area contributed by atoms with E-state index in [4.69, 9.17) is 5.11 Å². The van der Waals surface area contributed by atoms with Gasteiger partial charge in [-0.15, -0.1) is 11.3 Å². The van der Waals surface area contributed by atoms with Crippen LogP contribution in [-0.4, -0.2) is 46.1 Å². The minimum absolute atomic E-state index is 0.128. The van der Waals surface area contributed by atoms with Gasteiger partial charge in [0.25, 0.3) is 0 Å². The fourth-order valence-corrected chi connectivity index (χ4v) is 4.25. The normalized spacial score (nSPS) is 22.2. The number of halogens is 1. The van der Waals surface area contributed by atoms with E-state index in [0.29, 0.717) is 29.3 Å². The highest BCUT2D eigenvalue weighted by Gasteiger charge is 2.37. The van der Waals surface area contributed by atoms with Gasteiger partial charge < -0.3 is 10.4 Å². The molecular formula is C19H22FN3O2S. The summed E-state index contributed by atoms with van der Waals surface area (Å²) < 4.78 is 13.9. The Bertz CT molecular complexity index is 787. The van der Waals surface area contributed by atoms with E-state index in [2.05, 4.69) is 15.2 Å². The van der Waals surface area contributed by atoms with Crippen molar-refractivity contribution in [2.24, 2.45) is 5.92 Å². The summed E-state index contributed by atoms with van der Waals surface area (Å²) in [6.07, 6.45) is 4.30. The van der Waals surface area contributed by atoms with Crippen LogP contribution in [0.15, 0.2) is 29.6 Å². The second kappa shape index (κ2) is 7.32. The van der Waals surface area contributed by atoms with Crippen LogP contribution in [0.3, 0.4) is 0 Å². The number of carboxylic acid groups (broad SMARTS) is 1. The maximum atomic E-state index is 13.9. The van der Waals surface area contributed by atoms with E-state index in [0.717, 1.165) is 24.5 Å². The number of thiazole rings is 1. The predicted molar refractivity (Wildman–Crippen MR) is 99.9 cm³/mol. The van der Waals surface area contributed by atoms with E-state index in [1.807, 2.05) is 5.38 Å². The first kappa shape index (κ1) is 17.4. The third-order valence-corrected chi connectivity index (χ3v) is 5.91. The fourth-order valence-electron chi connectivity index (χ4n) is 3.46. The maximum absolute atomic E-state index is 13.9. The standard InChI is InChI=1S/C19H22FN3O2S/c20-16-4-2-1-3-15(16)17-11-26-19(22-17)21-13-7-14(8-13)23(10-18(24)25)9-12-5-6-12/h1-4,11-14H,5-10H2,(H,21,22)(H,24,25). The van der Waals surface area contributed by atoms with E-state index in [9.17, 15) is 9.18 Å². The second-order valence-corrected chi connectivity index (χ2v) is 8.11. The van der Waals surface area contributed by atoms with E-state index in [-0.39, 0.29) is 12.4 Å². The smallest absolute Gasteiger partial charge is 0.317 e. The van der Waals surface area contributed by atoms with Gasteiger partial charge in [-0.05, 0) is 43.7 Å². The highest BCUT2D eigenvalue weighted by molar-refractivity contribution is 7.14. The van der Waals surface area contributed by atoms with Crippen LogP contribution in [0.5, 0.6) is 0 Å². The maximum Gasteiger partial charge on any atom is 0.317 e. The topological polar surface area (TPSA) is 65.5 Å². The van der Waals surface area contributed by atoms with Crippen molar-refractivity contribution in [3.05, 3.63) is 35.5 Å². The number of nitrogens with one attached hydrogen (secondary N) is 1. The van der Waals surface area contributed by atoms with E-state index >= 15 is 0 Å². The minimum atomic E-state index is -0.753. The summed E-state index contributed by atoms with van der Waals surface area (Å²) in [5, 5.41) is 15.2. The molecule has 0 amide bonds. The van der Waals surface area contributed by atoms with Crippen molar-refractivity contribution in [1.82, 2.24) is 9.88 Å². The van der Waals surface area contributed by atoms with Crippen molar-refractivity contribution in [3.63, 3.8) is 0 Å². The molecule has 0 saturated heterocycles. The summed E-state index contributed by atoms with van der Waals surface area (Å²) in [6, 6.07) is 7.27. The van der Waals surface area contributed by atoms with Crippen LogP contribution in [0.25, 0.3) is 11.3 Å². The van der Waals surface area contributed by atoms with E-state index in [1.165, 1.54) is 30.2 Å². The second-order valence-electron chi connectivity index (χ2n) is 7.25. The van der Waals surface area contributed by atoms with Crippen LogP contribution in [0.4, 0.5) is 9.52 Å². The Morgan fingerprint density at radius 3 is 2.81 bits per heavy atom. The highest BCUT2D eigenvalue weighted by Crippen LogP contribution is 2.35. The van der Waals surface area contributed by atoms with Crippen LogP contribution in [-0.2, 0) is 4.79 Å². The van der Waals surface area contributed by atoms with E-state index < -0.39 is 5.97 Å². The number of aliphatic carboxylic acids is 1. The Morgan fingerprint density at radius 1 is 1.35 bits per heavy atom. The van der Waals surface area contributed by atoms with Crippen molar-refractivity contribution in [2.75, 3.05) is 18.4 Å². The van der Waals surface area contributed by atoms with Gasteiger partial charge in [0, 0.05) is 29.6 Å². The first-order chi connectivity index (χ1) is 12.6. The number of hydrogen-bond donors (Lipinski definition) is 2. The minimum Gasteiger partial charge on any atom is -0.480 e. The molecule has 4 rings (SSSR count). The molecule has 2 N–H and O–H groups in total. The summed E-state index contributed by atoms with van der Waals surface area (Å²) in [4.78, 5) is 17.7. The Morgan fingerprint density at radius 2 is 2.12 bits per heavy atom. The molecule has 0 radical (unpaired) electrons. The number of hydrogen-bond acceptors (Lipinski definition) is 5. The molecule has 2 aliphatic carbocycles. The number of carboxylic acids is 1. The largest absolute Gasteiger partial charge is 0.480 e. The molecule has 5 nitrogen and oxygen atoms in total. The van der Waals surface area contributed by atoms with Gasteiger partial charge >= 0.3 is 5.97 Å². The van der Waals surface area contributed by atoms with Crippen molar-refractivity contribution in [3.8, 4) is 11.3 Å². The van der Waals surface area contributed by atoms with Crippen molar-refractivity contribution < 1.29 is 14.3 Å². The molecule has 138 valence electrons. The summed E-state index contributed by atoms with van der Waals surface area (Å²) in [5.41, 5.74) is 1.16. The molecule has 1 aromatic carbocycles. The number of aromatic nitrogens is 1. The summed E-state index contributed by atoms with van der Waals surface area (Å²) in [6.45, 7) is 1.03. The Balaban J connectivity index is 1.32. The van der Waals surface area contributed by atoms with Gasteiger partial charge in [-0.2, -0.15) is 0 Å². The molecule has 0 atom stereocenters. The number of carbonyl (C=O) groups is 1. The highest BCUT2D eigenvalue weighted by atomic mass is 32.1. The van der Waals surface area contributed by atoms with E-state index in [1.54, 1.807) is 18.2 Å². The molecule has 0 spiro atoms. The third-order valence-electron chi connectivity index (χ3n) is 5.14. The molecule has 0 aliphatic heterocycles. The van der Waals surface area contributed by atoms with Crippen LogP contribution >= 0.6 is 11.3 Å². The van der Waals surface area contributed by atoms with Crippen LogP contribution < -0.4 is 5.32 Å². The van der Waals surface area contributed by atoms with Gasteiger partial charge in [0.2, 0.25) is 0 Å². The SMILES string of the molecule is O=C(O)CN(CC1CC1)C1CC(Nc2nc(-c3ccccc3F)cs2)C1. The fraction of sp³-hybridized carbons (Fsp3) is 0.474. The predicted octanol–water partition coefficient (Wildman–Crippen LogP) is 3.69. The van der Waals surface area contributed by atoms with Crippen LogP contribution in [0.1, 0.15) is 25.7 Å². The van der Waals surface area contributed by atoms with Gasteiger partial charge in [-0.3, -0.25) is 9.69 Å². The lowest BCUT2D eigenvalue weighted by molar-refractivity contribution is -0.139. The molecular weight excluding hydrogens is 353 g/mol. The zero-order valence-corrected chi connectivity index (χ0v) is 15.2. The first-order valence-electron chi connectivity index (χ1n) is 9.01. The summed E-state index contributed by atoms with van der Waals surface area (Å²) >= 11 is 1.47. The molecule has 0 unspecified atom stereocenters. The molecule has 1 heterocycles. The summed E-state index contributed by atoms with van der Waals surface area (Å²) in [5.74, 6) is -0.336. The molecule has 26 heavy (non-hydrogen) atoms. The molecule has 0 bridgehead atoms.